The third-order valence-corrected chi connectivity index (χ3v) is 5.93. The van der Waals surface area contributed by atoms with Crippen molar-refractivity contribution in [3.8, 4) is 22.5 Å². The average Bonchev–Trinajstić information content (AvgIpc) is 3.44. The van der Waals surface area contributed by atoms with Crippen molar-refractivity contribution in [1.29, 1.82) is 0 Å². The van der Waals surface area contributed by atoms with Crippen LogP contribution in [0.2, 0.25) is 5.02 Å². The number of alkyl halides is 3. The third kappa shape index (κ3) is 5.01. The Kier molecular flexibility index (Phi) is 6.45. The second kappa shape index (κ2) is 9.12. The lowest BCUT2D eigenvalue weighted by atomic mass is 9.96. The van der Waals surface area contributed by atoms with Gasteiger partial charge in [0.1, 0.15) is 17.2 Å². The second-order valence-electron chi connectivity index (χ2n) is 8.38. The van der Waals surface area contributed by atoms with E-state index in [2.05, 4.69) is 20.7 Å². The summed E-state index contributed by atoms with van der Waals surface area (Å²) in [6, 6.07) is 5.42. The molecule has 0 unspecified atom stereocenters. The van der Waals surface area contributed by atoms with E-state index in [1.807, 2.05) is 0 Å². The molecule has 1 aliphatic rings. The van der Waals surface area contributed by atoms with Gasteiger partial charge in [0, 0.05) is 10.6 Å². The first-order chi connectivity index (χ1) is 16.8. The number of hydrogen-bond acceptors (Lipinski definition) is 5. The smallest absolute Gasteiger partial charge is 0.347 e. The highest BCUT2D eigenvalue weighted by Crippen LogP contribution is 2.38. The molecule has 1 heterocycles. The molecule has 2 aromatic carbocycles. The molecular weight excluding hydrogens is 511 g/mol. The van der Waals surface area contributed by atoms with Crippen molar-refractivity contribution in [3.05, 3.63) is 52.6 Å². The number of hydrogen-bond donors (Lipinski definition) is 2. The summed E-state index contributed by atoms with van der Waals surface area (Å²) in [5.74, 6) is -4.64. The van der Waals surface area contributed by atoms with E-state index in [1.54, 1.807) is 5.32 Å². The monoisotopic (exact) mass is 528 g/mol. The van der Waals surface area contributed by atoms with E-state index in [9.17, 15) is 27.2 Å². The molecule has 0 radical (unpaired) electrons. The van der Waals surface area contributed by atoms with Crippen molar-refractivity contribution >= 4 is 23.4 Å². The van der Waals surface area contributed by atoms with Crippen LogP contribution in [-0.2, 0) is 16.6 Å². The van der Waals surface area contributed by atoms with E-state index in [4.69, 9.17) is 11.6 Å². The van der Waals surface area contributed by atoms with Gasteiger partial charge in [0.05, 0.1) is 18.7 Å². The number of rotatable bonds is 6. The minimum absolute atomic E-state index is 0.0201. The molecule has 1 aromatic heterocycles. The van der Waals surface area contributed by atoms with Gasteiger partial charge in [-0.2, -0.15) is 18.0 Å². The first-order valence-corrected chi connectivity index (χ1v) is 10.9. The van der Waals surface area contributed by atoms with Crippen LogP contribution in [0, 0.1) is 11.6 Å². The Morgan fingerprint density at radius 2 is 1.83 bits per heavy atom. The molecule has 36 heavy (non-hydrogen) atoms. The van der Waals surface area contributed by atoms with Crippen molar-refractivity contribution in [2.45, 2.75) is 37.5 Å². The first kappa shape index (κ1) is 25.5. The molecule has 14 heteroatoms. The zero-order valence-corrected chi connectivity index (χ0v) is 19.5. The predicted octanol–water partition coefficient (Wildman–Crippen LogP) is 3.86. The van der Waals surface area contributed by atoms with Crippen LogP contribution >= 0.6 is 11.6 Å². The molecular formula is C22H18ClF5N6O2. The Labute approximate surface area is 205 Å². The van der Waals surface area contributed by atoms with E-state index < -0.39 is 41.2 Å². The predicted molar refractivity (Wildman–Crippen MR) is 117 cm³/mol. The molecule has 3 aromatic rings. The van der Waals surface area contributed by atoms with Crippen molar-refractivity contribution in [1.82, 2.24) is 30.8 Å². The largest absolute Gasteiger partial charge is 0.471 e. The fourth-order valence-corrected chi connectivity index (χ4v) is 3.90. The van der Waals surface area contributed by atoms with Gasteiger partial charge in [-0.25, -0.2) is 8.78 Å². The highest BCUT2D eigenvalue weighted by atomic mass is 35.5. The topological polar surface area (TPSA) is 102 Å². The molecule has 0 aliphatic heterocycles. The van der Waals surface area contributed by atoms with Gasteiger partial charge in [-0.3, -0.25) is 9.59 Å². The number of halogens is 6. The Balaban J connectivity index is 1.58. The number of nitrogens with one attached hydrogen (secondary N) is 2. The Bertz CT molecular complexity index is 1360. The summed E-state index contributed by atoms with van der Waals surface area (Å²) in [5.41, 5.74) is -1.28. The number of aromatic nitrogens is 4. The van der Waals surface area contributed by atoms with Crippen LogP contribution in [0.5, 0.6) is 0 Å². The summed E-state index contributed by atoms with van der Waals surface area (Å²) < 4.78 is 67.6. The Morgan fingerprint density at radius 3 is 2.39 bits per heavy atom. The molecule has 1 saturated carbocycles. The van der Waals surface area contributed by atoms with Gasteiger partial charge in [0.2, 0.25) is 11.7 Å². The maximum atomic E-state index is 15.1. The number of benzene rings is 2. The first-order valence-electron chi connectivity index (χ1n) is 10.5. The van der Waals surface area contributed by atoms with Gasteiger partial charge in [-0.05, 0) is 54.3 Å². The van der Waals surface area contributed by atoms with Crippen LogP contribution in [0.1, 0.15) is 31.4 Å². The second-order valence-corrected chi connectivity index (χ2v) is 8.81. The molecule has 2 amide bonds. The summed E-state index contributed by atoms with van der Waals surface area (Å²) in [4.78, 5) is 24.9. The summed E-state index contributed by atoms with van der Waals surface area (Å²) >= 11 is 6.01. The van der Waals surface area contributed by atoms with Gasteiger partial charge in [0.25, 0.3) is 0 Å². The van der Waals surface area contributed by atoms with E-state index in [0.29, 0.717) is 0 Å². The molecule has 2 N–H and O–H groups in total. The van der Waals surface area contributed by atoms with E-state index in [-0.39, 0.29) is 45.9 Å². The van der Waals surface area contributed by atoms with Gasteiger partial charge in [-0.15, -0.1) is 10.2 Å². The summed E-state index contributed by atoms with van der Waals surface area (Å²) in [7, 11) is 1.49. The van der Waals surface area contributed by atoms with Gasteiger partial charge < -0.3 is 10.6 Å². The van der Waals surface area contributed by atoms with Gasteiger partial charge >= 0.3 is 12.1 Å². The van der Waals surface area contributed by atoms with Crippen LogP contribution in [-0.4, -0.2) is 43.7 Å². The molecule has 8 nitrogen and oxygen atoms in total. The molecule has 4 rings (SSSR count). The van der Waals surface area contributed by atoms with E-state index in [1.165, 1.54) is 32.2 Å². The summed E-state index contributed by atoms with van der Waals surface area (Å²) in [5, 5.41) is 15.7. The van der Waals surface area contributed by atoms with Crippen LogP contribution in [0.25, 0.3) is 22.5 Å². The summed E-state index contributed by atoms with van der Waals surface area (Å²) in [6.45, 7) is 1.44. The molecule has 190 valence electrons. The number of nitrogens with zero attached hydrogens (tertiary/aromatic N) is 4. The van der Waals surface area contributed by atoms with Crippen molar-refractivity contribution in [2.75, 3.05) is 0 Å². The van der Waals surface area contributed by atoms with Crippen molar-refractivity contribution < 1.29 is 31.5 Å². The zero-order chi connectivity index (χ0) is 26.4. The van der Waals surface area contributed by atoms with Crippen LogP contribution in [0.3, 0.4) is 0 Å². The van der Waals surface area contributed by atoms with Gasteiger partial charge in [-0.1, -0.05) is 23.7 Å². The van der Waals surface area contributed by atoms with Crippen LogP contribution in [0.4, 0.5) is 22.0 Å². The van der Waals surface area contributed by atoms with Crippen LogP contribution < -0.4 is 10.6 Å². The standard InChI is InChI=1S/C22H18ClF5N6O2/c1-10(29-19(35)21(5-6-21)30-20(36)22(26,27)28)13-4-3-11(7-15(13)24)14-8-12(23)9-16(25)17(14)18-31-33-34(2)32-18/h3-4,7-10H,5-6H2,1-2H3,(H,29,35)(H,30,36)/t10-/m1/s1. The minimum Gasteiger partial charge on any atom is -0.347 e. The number of carbonyl (C=O) groups excluding carboxylic acids is 2. The van der Waals surface area contributed by atoms with Crippen molar-refractivity contribution in [3.63, 3.8) is 0 Å². The normalized spacial score (nSPS) is 15.3. The third-order valence-electron chi connectivity index (χ3n) is 5.71. The molecule has 0 saturated heterocycles. The lowest BCUT2D eigenvalue weighted by molar-refractivity contribution is -0.175. The lowest BCUT2D eigenvalue weighted by Crippen LogP contribution is -2.53. The number of tetrazole rings is 1. The zero-order valence-electron chi connectivity index (χ0n) is 18.8. The summed E-state index contributed by atoms with van der Waals surface area (Å²) in [6.07, 6.45) is -5.09. The van der Waals surface area contributed by atoms with Crippen LogP contribution in [0.15, 0.2) is 30.3 Å². The Hall–Kier alpha value is -3.61. The van der Waals surface area contributed by atoms with E-state index >= 15 is 4.39 Å². The molecule has 1 atom stereocenters. The number of amides is 2. The number of aryl methyl sites for hydroxylation is 1. The highest BCUT2D eigenvalue weighted by Gasteiger charge is 2.55. The fourth-order valence-electron chi connectivity index (χ4n) is 3.69. The molecule has 1 fully saturated rings. The lowest BCUT2D eigenvalue weighted by Gasteiger charge is -2.22. The maximum absolute atomic E-state index is 15.1. The van der Waals surface area contributed by atoms with Gasteiger partial charge in [0.15, 0.2) is 0 Å². The SMILES string of the molecule is C[C@@H](NC(=O)C1(NC(=O)C(F)(F)F)CC1)c1ccc(-c2cc(Cl)cc(F)c2-c2nnn(C)n2)cc1F. The molecule has 0 spiro atoms. The maximum Gasteiger partial charge on any atom is 0.471 e. The minimum atomic E-state index is -5.14. The molecule has 0 bridgehead atoms. The quantitative estimate of drug-likeness (QED) is 0.473. The Morgan fingerprint density at radius 1 is 1.14 bits per heavy atom. The van der Waals surface area contributed by atoms with E-state index in [0.717, 1.165) is 16.9 Å². The average molecular weight is 529 g/mol. The molecule has 1 aliphatic carbocycles. The number of carbonyl (C=O) groups is 2. The fraction of sp³-hybridized carbons (Fsp3) is 0.318. The highest BCUT2D eigenvalue weighted by molar-refractivity contribution is 6.31. The van der Waals surface area contributed by atoms with Crippen molar-refractivity contribution in [2.24, 2.45) is 7.05 Å².